The van der Waals surface area contributed by atoms with E-state index in [4.69, 9.17) is 9.15 Å². The molecule has 0 saturated heterocycles. The Balaban J connectivity index is 1.80. The molecule has 3 aromatic rings. The molecule has 0 N–H and O–H groups in total. The molecule has 0 fully saturated rings. The highest BCUT2D eigenvalue weighted by Crippen LogP contribution is 2.39. The highest BCUT2D eigenvalue weighted by molar-refractivity contribution is 5.99. The van der Waals surface area contributed by atoms with Gasteiger partial charge in [0.15, 0.2) is 5.43 Å². The molecule has 4 rings (SSSR count). The molecule has 6 heteroatoms. The van der Waals surface area contributed by atoms with Gasteiger partial charge in [-0.15, -0.1) is 0 Å². The molecule has 2 aromatic carbocycles. The Labute approximate surface area is 207 Å². The number of hydrogen-bond donors (Lipinski definition) is 0. The first kappa shape index (κ1) is 25.0. The van der Waals surface area contributed by atoms with E-state index in [0.29, 0.717) is 35.6 Å². The van der Waals surface area contributed by atoms with Crippen molar-refractivity contribution in [1.29, 1.82) is 0 Å². The lowest BCUT2D eigenvalue weighted by molar-refractivity contribution is 0.0722. The lowest BCUT2D eigenvalue weighted by Crippen LogP contribution is -2.32. The topological polar surface area (TPSA) is 63.0 Å². The summed E-state index contributed by atoms with van der Waals surface area (Å²) in [5.41, 5.74) is 3.66. The Kier molecular flexibility index (Phi) is 7.31. The van der Waals surface area contributed by atoms with Gasteiger partial charge in [-0.25, -0.2) is 0 Å². The van der Waals surface area contributed by atoms with Crippen molar-refractivity contribution in [3.05, 3.63) is 74.6 Å². The van der Waals surface area contributed by atoms with Gasteiger partial charge >= 0.3 is 0 Å². The fourth-order valence-electron chi connectivity index (χ4n) is 4.60. The van der Waals surface area contributed by atoms with Gasteiger partial charge in [-0.1, -0.05) is 26.0 Å². The molecule has 1 atom stereocenters. The number of fused-ring (bicyclic) bond motifs is 2. The van der Waals surface area contributed by atoms with E-state index in [1.165, 1.54) is 0 Å². The third-order valence-corrected chi connectivity index (χ3v) is 6.72. The molecule has 0 aliphatic carbocycles. The molecule has 0 spiro atoms. The summed E-state index contributed by atoms with van der Waals surface area (Å²) in [6.45, 7) is 10.3. The van der Waals surface area contributed by atoms with Crippen LogP contribution in [0.2, 0.25) is 0 Å². The van der Waals surface area contributed by atoms with E-state index < -0.39 is 6.04 Å². The second-order valence-electron chi connectivity index (χ2n) is 10.3. The van der Waals surface area contributed by atoms with Crippen molar-refractivity contribution in [2.75, 3.05) is 33.8 Å². The number of rotatable bonds is 9. The number of benzene rings is 2. The van der Waals surface area contributed by atoms with Crippen LogP contribution in [0.15, 0.2) is 45.6 Å². The van der Waals surface area contributed by atoms with E-state index in [2.05, 4.69) is 18.7 Å². The average molecular weight is 477 g/mol. The van der Waals surface area contributed by atoms with Crippen LogP contribution in [0.25, 0.3) is 11.0 Å². The SMILES string of the molecule is Cc1cc2oc3c(c(=O)c2cc1C)[C@H](c1cccc(OCCC(C)C)c1)N(CCCN(C)C)C3=O. The van der Waals surface area contributed by atoms with Crippen LogP contribution in [0.3, 0.4) is 0 Å². The largest absolute Gasteiger partial charge is 0.494 e. The lowest BCUT2D eigenvalue weighted by atomic mass is 9.97. The third-order valence-electron chi connectivity index (χ3n) is 6.72. The molecule has 0 radical (unpaired) electrons. The van der Waals surface area contributed by atoms with E-state index >= 15 is 0 Å². The van der Waals surface area contributed by atoms with Gasteiger partial charge in [-0.2, -0.15) is 0 Å². The zero-order chi connectivity index (χ0) is 25.3. The predicted molar refractivity (Wildman–Crippen MR) is 139 cm³/mol. The molecule has 35 heavy (non-hydrogen) atoms. The summed E-state index contributed by atoms with van der Waals surface area (Å²) in [5, 5.41) is 0.518. The third kappa shape index (κ3) is 5.13. The quantitative estimate of drug-likeness (QED) is 0.418. The van der Waals surface area contributed by atoms with Gasteiger partial charge < -0.3 is 19.0 Å². The maximum absolute atomic E-state index is 13.8. The van der Waals surface area contributed by atoms with Crippen molar-refractivity contribution in [3.63, 3.8) is 0 Å². The molecule has 0 saturated carbocycles. The highest BCUT2D eigenvalue weighted by atomic mass is 16.5. The number of ether oxygens (including phenoxy) is 1. The number of carbonyl (C=O) groups is 1. The maximum Gasteiger partial charge on any atom is 0.290 e. The Hall–Kier alpha value is -3.12. The van der Waals surface area contributed by atoms with Crippen LogP contribution in [0.5, 0.6) is 5.75 Å². The fraction of sp³-hybridized carbons (Fsp3) is 0.448. The first-order valence-electron chi connectivity index (χ1n) is 12.4. The standard InChI is InChI=1S/C29H36N2O4/c1-18(2)11-14-34-22-10-7-9-21(17-22)26-25-27(32)23-15-19(3)20(4)16-24(23)35-28(25)29(33)31(26)13-8-12-30(5)6/h7,9-10,15-18,26H,8,11-14H2,1-6H3/t26-/m0/s1. The smallest absolute Gasteiger partial charge is 0.290 e. The van der Waals surface area contributed by atoms with Gasteiger partial charge in [-0.05, 0) is 94.2 Å². The van der Waals surface area contributed by atoms with Gasteiger partial charge in [0.1, 0.15) is 11.3 Å². The number of carbonyl (C=O) groups excluding carboxylic acids is 1. The summed E-state index contributed by atoms with van der Waals surface area (Å²) in [4.78, 5) is 31.3. The zero-order valence-electron chi connectivity index (χ0n) is 21.7. The van der Waals surface area contributed by atoms with Crippen LogP contribution in [0.1, 0.15) is 65.5 Å². The monoisotopic (exact) mass is 476 g/mol. The number of aryl methyl sites for hydroxylation is 2. The van der Waals surface area contributed by atoms with Crippen LogP contribution in [-0.2, 0) is 0 Å². The summed E-state index contributed by atoms with van der Waals surface area (Å²) >= 11 is 0. The zero-order valence-corrected chi connectivity index (χ0v) is 21.7. The Morgan fingerprint density at radius 3 is 2.54 bits per heavy atom. The lowest BCUT2D eigenvalue weighted by Gasteiger charge is -2.26. The van der Waals surface area contributed by atoms with Gasteiger partial charge in [0.2, 0.25) is 5.76 Å². The molecule has 186 valence electrons. The second-order valence-corrected chi connectivity index (χ2v) is 10.3. The van der Waals surface area contributed by atoms with Gasteiger partial charge in [-0.3, -0.25) is 9.59 Å². The predicted octanol–water partition coefficient (Wildman–Crippen LogP) is 5.33. The average Bonchev–Trinajstić information content (AvgIpc) is 3.07. The van der Waals surface area contributed by atoms with Crippen LogP contribution >= 0.6 is 0 Å². The summed E-state index contributed by atoms with van der Waals surface area (Å²) in [5.74, 6) is 1.22. The highest BCUT2D eigenvalue weighted by Gasteiger charge is 2.42. The molecule has 6 nitrogen and oxygen atoms in total. The van der Waals surface area contributed by atoms with Crippen molar-refractivity contribution in [3.8, 4) is 5.75 Å². The summed E-state index contributed by atoms with van der Waals surface area (Å²) in [6, 6.07) is 11.0. The van der Waals surface area contributed by atoms with Gasteiger partial charge in [0, 0.05) is 6.54 Å². The van der Waals surface area contributed by atoms with E-state index in [0.717, 1.165) is 41.8 Å². The number of amides is 1. The normalized spacial score (nSPS) is 15.5. The molecule has 2 heterocycles. The molecule has 1 aliphatic heterocycles. The molecule has 0 bridgehead atoms. The van der Waals surface area contributed by atoms with Crippen molar-refractivity contribution in [2.24, 2.45) is 5.92 Å². The molecular weight excluding hydrogens is 440 g/mol. The van der Waals surface area contributed by atoms with E-state index in [9.17, 15) is 9.59 Å². The number of nitrogens with zero attached hydrogens (tertiary/aromatic N) is 2. The Morgan fingerprint density at radius 2 is 1.83 bits per heavy atom. The van der Waals surface area contributed by atoms with Gasteiger partial charge in [0.05, 0.1) is 23.6 Å². The molecular formula is C29H36N2O4. The van der Waals surface area contributed by atoms with Crippen LogP contribution in [0, 0.1) is 19.8 Å². The second kappa shape index (κ2) is 10.2. The minimum Gasteiger partial charge on any atom is -0.494 e. The van der Waals surface area contributed by atoms with Crippen molar-refractivity contribution >= 4 is 16.9 Å². The molecule has 1 amide bonds. The van der Waals surface area contributed by atoms with E-state index in [1.807, 2.05) is 64.3 Å². The Bertz CT molecular complexity index is 1290. The van der Waals surface area contributed by atoms with Crippen LogP contribution in [-0.4, -0.2) is 49.5 Å². The van der Waals surface area contributed by atoms with E-state index in [-0.39, 0.29) is 17.1 Å². The summed E-state index contributed by atoms with van der Waals surface area (Å²) in [7, 11) is 4.02. The first-order valence-corrected chi connectivity index (χ1v) is 12.4. The van der Waals surface area contributed by atoms with Gasteiger partial charge in [0.25, 0.3) is 5.91 Å². The first-order chi connectivity index (χ1) is 16.7. The minimum atomic E-state index is -0.504. The van der Waals surface area contributed by atoms with Crippen LogP contribution in [0.4, 0.5) is 0 Å². The summed E-state index contributed by atoms with van der Waals surface area (Å²) in [6.07, 6.45) is 1.75. The summed E-state index contributed by atoms with van der Waals surface area (Å²) < 4.78 is 12.1. The molecule has 1 aliphatic rings. The van der Waals surface area contributed by atoms with Crippen LogP contribution < -0.4 is 10.2 Å². The van der Waals surface area contributed by atoms with Crippen molar-refractivity contribution in [1.82, 2.24) is 9.80 Å². The minimum absolute atomic E-state index is 0.135. The number of hydrogen-bond acceptors (Lipinski definition) is 5. The van der Waals surface area contributed by atoms with Crippen molar-refractivity contribution in [2.45, 2.75) is 46.6 Å². The maximum atomic E-state index is 13.8. The molecule has 1 aromatic heterocycles. The Morgan fingerprint density at radius 1 is 1.09 bits per heavy atom. The molecule has 0 unspecified atom stereocenters. The fourth-order valence-corrected chi connectivity index (χ4v) is 4.60. The van der Waals surface area contributed by atoms with Crippen molar-refractivity contribution < 1.29 is 13.9 Å². The van der Waals surface area contributed by atoms with E-state index in [1.54, 1.807) is 4.90 Å².